The molecular formula is C26H25N3O5S. The zero-order valence-electron chi connectivity index (χ0n) is 19.0. The summed E-state index contributed by atoms with van der Waals surface area (Å²) in [4.78, 5) is 42.8. The van der Waals surface area contributed by atoms with E-state index < -0.39 is 12.1 Å². The van der Waals surface area contributed by atoms with Gasteiger partial charge in [-0.3, -0.25) is 14.9 Å². The Morgan fingerprint density at radius 1 is 1.06 bits per heavy atom. The summed E-state index contributed by atoms with van der Waals surface area (Å²) >= 11 is 1.06. The van der Waals surface area contributed by atoms with Gasteiger partial charge in [0.25, 0.3) is 5.91 Å². The van der Waals surface area contributed by atoms with E-state index in [0.29, 0.717) is 17.8 Å². The fourth-order valence-corrected chi connectivity index (χ4v) is 5.73. The summed E-state index contributed by atoms with van der Waals surface area (Å²) in [5.74, 6) is -1.22. The van der Waals surface area contributed by atoms with E-state index in [-0.39, 0.29) is 36.0 Å². The number of piperidine rings is 1. The summed E-state index contributed by atoms with van der Waals surface area (Å²) < 4.78 is 5.55. The smallest absolute Gasteiger partial charge is 0.413 e. The van der Waals surface area contributed by atoms with E-state index in [0.717, 1.165) is 46.4 Å². The molecule has 1 fully saturated rings. The van der Waals surface area contributed by atoms with Gasteiger partial charge in [-0.15, -0.1) is 0 Å². The molecule has 35 heavy (non-hydrogen) atoms. The maximum Gasteiger partial charge on any atom is 0.413 e. The highest BCUT2D eigenvalue weighted by molar-refractivity contribution is 7.17. The largest absolute Gasteiger partial charge is 0.481 e. The lowest BCUT2D eigenvalue weighted by Crippen LogP contribution is -2.44. The molecule has 1 aliphatic carbocycles. The average Bonchev–Trinajstić information content (AvgIpc) is 3.45. The number of nitrogens with one attached hydrogen (secondary N) is 1. The van der Waals surface area contributed by atoms with E-state index in [1.54, 1.807) is 4.90 Å². The van der Waals surface area contributed by atoms with E-state index >= 15 is 0 Å². The third kappa shape index (κ3) is 4.77. The lowest BCUT2D eigenvalue weighted by molar-refractivity contribution is -0.138. The van der Waals surface area contributed by atoms with Gasteiger partial charge in [0.1, 0.15) is 11.5 Å². The second-order valence-corrected chi connectivity index (χ2v) is 9.76. The van der Waals surface area contributed by atoms with Crippen LogP contribution in [0.4, 0.5) is 9.93 Å². The number of aromatic nitrogens is 1. The number of hydrogen-bond acceptors (Lipinski definition) is 6. The maximum absolute atomic E-state index is 13.0. The topological polar surface area (TPSA) is 109 Å². The molecule has 0 radical (unpaired) electrons. The van der Waals surface area contributed by atoms with E-state index in [2.05, 4.69) is 34.6 Å². The van der Waals surface area contributed by atoms with Gasteiger partial charge in [-0.25, -0.2) is 9.78 Å². The predicted octanol–water partition coefficient (Wildman–Crippen LogP) is 4.97. The van der Waals surface area contributed by atoms with Crippen LogP contribution in [-0.2, 0) is 9.53 Å². The number of hydrogen-bond donors (Lipinski definition) is 2. The second-order valence-electron chi connectivity index (χ2n) is 8.73. The van der Waals surface area contributed by atoms with Gasteiger partial charge in [-0.1, -0.05) is 59.9 Å². The summed E-state index contributed by atoms with van der Waals surface area (Å²) in [5, 5.41) is 12.0. The molecule has 8 nitrogen and oxygen atoms in total. The number of carboxylic acids is 1. The first-order valence-electron chi connectivity index (χ1n) is 11.6. The summed E-state index contributed by atoms with van der Waals surface area (Å²) in [6, 6.07) is 15.9. The number of fused-ring (bicyclic) bond motifs is 3. The Labute approximate surface area is 206 Å². The Hall–Kier alpha value is -3.72. The molecule has 0 bridgehead atoms. The van der Waals surface area contributed by atoms with Crippen molar-refractivity contribution < 1.29 is 24.2 Å². The van der Waals surface area contributed by atoms with Gasteiger partial charge in [0, 0.05) is 18.5 Å². The van der Waals surface area contributed by atoms with Crippen molar-refractivity contribution in [2.24, 2.45) is 0 Å². The number of carboxylic acid groups (broad SMARTS) is 1. The van der Waals surface area contributed by atoms with E-state index in [1.165, 1.54) is 6.20 Å². The average molecular weight is 492 g/mol. The minimum absolute atomic E-state index is 0.0492. The van der Waals surface area contributed by atoms with Crippen molar-refractivity contribution in [3.8, 4) is 11.1 Å². The third-order valence-corrected chi connectivity index (χ3v) is 7.47. The zero-order valence-corrected chi connectivity index (χ0v) is 19.8. The first-order valence-corrected chi connectivity index (χ1v) is 12.4. The second kappa shape index (κ2) is 9.87. The number of ether oxygens (including phenoxy) is 1. The summed E-state index contributed by atoms with van der Waals surface area (Å²) in [7, 11) is 0. The van der Waals surface area contributed by atoms with Crippen LogP contribution >= 0.6 is 11.3 Å². The van der Waals surface area contributed by atoms with Gasteiger partial charge in [-0.2, -0.15) is 0 Å². The van der Waals surface area contributed by atoms with Gasteiger partial charge in [0.15, 0.2) is 5.13 Å². The number of amides is 2. The van der Waals surface area contributed by atoms with Crippen LogP contribution in [0.3, 0.4) is 0 Å². The van der Waals surface area contributed by atoms with Crippen LogP contribution in [0, 0.1) is 0 Å². The van der Waals surface area contributed by atoms with E-state index in [1.807, 2.05) is 24.3 Å². The van der Waals surface area contributed by atoms with Crippen molar-refractivity contribution in [3.05, 3.63) is 70.7 Å². The molecule has 0 unspecified atom stereocenters. The summed E-state index contributed by atoms with van der Waals surface area (Å²) in [5.41, 5.74) is 4.56. The number of benzene rings is 2. The van der Waals surface area contributed by atoms with Crippen molar-refractivity contribution in [3.63, 3.8) is 0 Å². The fourth-order valence-electron chi connectivity index (χ4n) is 4.98. The number of carbonyl (C=O) groups is 3. The molecule has 2 aliphatic rings. The first-order chi connectivity index (χ1) is 17.0. The molecule has 1 aliphatic heterocycles. The number of aliphatic carboxylic acids is 1. The molecule has 9 heteroatoms. The van der Waals surface area contributed by atoms with Crippen LogP contribution < -0.4 is 5.32 Å². The van der Waals surface area contributed by atoms with Crippen LogP contribution in [0.25, 0.3) is 11.1 Å². The molecule has 0 spiro atoms. The van der Waals surface area contributed by atoms with Crippen molar-refractivity contribution in [1.82, 2.24) is 9.88 Å². The van der Waals surface area contributed by atoms with E-state index in [9.17, 15) is 14.4 Å². The lowest BCUT2D eigenvalue weighted by atomic mass is 9.98. The molecule has 1 saturated heterocycles. The number of anilines is 1. The van der Waals surface area contributed by atoms with Gasteiger partial charge in [-0.05, 0) is 41.5 Å². The molecule has 2 heterocycles. The SMILES string of the molecule is O=C(O)C[C@@H]1CCCCN1C(=O)c1cnc(NC(=O)OCC2c3ccccc3-c3ccccc32)s1. The summed E-state index contributed by atoms with van der Waals surface area (Å²) in [6.07, 6.45) is 3.11. The van der Waals surface area contributed by atoms with Crippen LogP contribution in [0.2, 0.25) is 0 Å². The number of likely N-dealkylation sites (tertiary alicyclic amines) is 1. The quantitative estimate of drug-likeness (QED) is 0.504. The maximum atomic E-state index is 13.0. The Kier molecular flexibility index (Phi) is 6.50. The van der Waals surface area contributed by atoms with Gasteiger partial charge < -0.3 is 14.7 Å². The van der Waals surface area contributed by atoms with Crippen LogP contribution in [0.15, 0.2) is 54.7 Å². The molecule has 2 N–H and O–H groups in total. The van der Waals surface area contributed by atoms with E-state index in [4.69, 9.17) is 9.84 Å². The van der Waals surface area contributed by atoms with Crippen LogP contribution in [0.1, 0.15) is 52.4 Å². The molecule has 0 saturated carbocycles. The minimum Gasteiger partial charge on any atom is -0.481 e. The minimum atomic E-state index is -0.920. The number of carbonyl (C=O) groups excluding carboxylic acids is 2. The molecule has 1 atom stereocenters. The normalized spacial score (nSPS) is 16.9. The molecule has 5 rings (SSSR count). The third-order valence-electron chi connectivity index (χ3n) is 6.57. The Morgan fingerprint density at radius 2 is 1.74 bits per heavy atom. The highest BCUT2D eigenvalue weighted by Gasteiger charge is 2.31. The molecule has 1 aromatic heterocycles. The molecule has 2 aromatic carbocycles. The molecule has 2 amide bonds. The molecular weight excluding hydrogens is 466 g/mol. The Morgan fingerprint density at radius 3 is 2.43 bits per heavy atom. The lowest BCUT2D eigenvalue weighted by Gasteiger charge is -2.34. The van der Waals surface area contributed by atoms with Crippen LogP contribution in [0.5, 0.6) is 0 Å². The fraction of sp³-hybridized carbons (Fsp3) is 0.308. The van der Waals surface area contributed by atoms with Gasteiger partial charge in [0.2, 0.25) is 0 Å². The van der Waals surface area contributed by atoms with Crippen molar-refractivity contribution in [2.75, 3.05) is 18.5 Å². The number of nitrogens with zero attached hydrogens (tertiary/aromatic N) is 2. The van der Waals surface area contributed by atoms with Crippen molar-refractivity contribution >= 4 is 34.4 Å². The summed E-state index contributed by atoms with van der Waals surface area (Å²) in [6.45, 7) is 0.700. The van der Waals surface area contributed by atoms with Gasteiger partial charge >= 0.3 is 12.1 Å². The van der Waals surface area contributed by atoms with Crippen molar-refractivity contribution in [1.29, 1.82) is 0 Å². The highest BCUT2D eigenvalue weighted by atomic mass is 32.1. The zero-order chi connectivity index (χ0) is 24.4. The van der Waals surface area contributed by atoms with Crippen LogP contribution in [-0.4, -0.2) is 52.2 Å². The standard InChI is InChI=1S/C26H25N3O5S/c30-23(31)13-16-7-5-6-12-29(16)24(32)22-14-27-25(35-22)28-26(33)34-15-21-19-10-3-1-8-17(19)18-9-2-4-11-20(18)21/h1-4,8-11,14,16,21H,5-7,12-13,15H2,(H,30,31)(H,27,28,33)/t16-/m0/s1. The van der Waals surface area contributed by atoms with Gasteiger partial charge in [0.05, 0.1) is 12.6 Å². The highest BCUT2D eigenvalue weighted by Crippen LogP contribution is 2.44. The number of rotatable bonds is 6. The number of thiazole rings is 1. The molecule has 180 valence electrons. The Bertz CT molecular complexity index is 1230. The Balaban J connectivity index is 1.22. The monoisotopic (exact) mass is 491 g/mol. The molecule has 3 aromatic rings. The predicted molar refractivity (Wildman–Crippen MR) is 132 cm³/mol. The first kappa shape index (κ1) is 23.0. The van der Waals surface area contributed by atoms with Crippen molar-refractivity contribution in [2.45, 2.75) is 37.6 Å².